The molecule has 2 aromatic heterocycles. The van der Waals surface area contributed by atoms with Crippen LogP contribution >= 0.6 is 0 Å². The van der Waals surface area contributed by atoms with E-state index in [-0.39, 0.29) is 6.04 Å². The van der Waals surface area contributed by atoms with Crippen molar-refractivity contribution in [1.29, 1.82) is 0 Å². The number of anilines is 1. The third-order valence-electron chi connectivity index (χ3n) is 3.81. The zero-order chi connectivity index (χ0) is 15.2. The lowest BCUT2D eigenvalue weighted by atomic mass is 10.1. The number of hydrogen-bond donors (Lipinski definition) is 2. The molecule has 0 aromatic carbocycles. The van der Waals surface area contributed by atoms with Gasteiger partial charge in [-0.25, -0.2) is 9.97 Å². The Balaban J connectivity index is 1.87. The minimum absolute atomic E-state index is 0.0265. The van der Waals surface area contributed by atoms with Crippen molar-refractivity contribution in [1.82, 2.24) is 20.3 Å². The number of nitrogens with zero attached hydrogens (tertiary/aromatic N) is 3. The van der Waals surface area contributed by atoms with Gasteiger partial charge in [0.25, 0.3) is 0 Å². The number of ether oxygens (including phenoxy) is 1. The van der Waals surface area contributed by atoms with E-state index in [1.807, 2.05) is 18.2 Å². The van der Waals surface area contributed by atoms with Crippen LogP contribution in [0.5, 0.6) is 0 Å². The SMILES string of the molecule is COC[C@@H](Nc1ncnc2c1CCNCC2)c1ccccn1. The van der Waals surface area contributed by atoms with E-state index >= 15 is 0 Å². The summed E-state index contributed by atoms with van der Waals surface area (Å²) in [4.78, 5) is 13.3. The second kappa shape index (κ2) is 7.29. The van der Waals surface area contributed by atoms with Gasteiger partial charge in [0.1, 0.15) is 12.1 Å². The molecule has 0 spiro atoms. The quantitative estimate of drug-likeness (QED) is 0.868. The average molecular weight is 299 g/mol. The fourth-order valence-electron chi connectivity index (χ4n) is 2.71. The molecule has 0 fully saturated rings. The first kappa shape index (κ1) is 14.9. The van der Waals surface area contributed by atoms with Crippen LogP contribution in [-0.2, 0) is 17.6 Å². The zero-order valence-electron chi connectivity index (χ0n) is 12.7. The van der Waals surface area contributed by atoms with Crippen molar-refractivity contribution in [2.45, 2.75) is 18.9 Å². The summed E-state index contributed by atoms with van der Waals surface area (Å²) in [5.74, 6) is 0.890. The number of aromatic nitrogens is 3. The van der Waals surface area contributed by atoms with E-state index < -0.39 is 0 Å². The van der Waals surface area contributed by atoms with Gasteiger partial charge in [-0.3, -0.25) is 4.98 Å². The van der Waals surface area contributed by atoms with Gasteiger partial charge in [0.05, 0.1) is 24.0 Å². The van der Waals surface area contributed by atoms with Crippen molar-refractivity contribution >= 4 is 5.82 Å². The fraction of sp³-hybridized carbons (Fsp3) is 0.438. The van der Waals surface area contributed by atoms with E-state index in [0.717, 1.165) is 43.1 Å². The Labute approximate surface area is 130 Å². The van der Waals surface area contributed by atoms with Gasteiger partial charge in [0, 0.05) is 31.8 Å². The molecule has 2 aromatic rings. The number of fused-ring (bicyclic) bond motifs is 1. The minimum atomic E-state index is -0.0265. The molecule has 116 valence electrons. The molecule has 0 saturated carbocycles. The van der Waals surface area contributed by atoms with E-state index in [0.29, 0.717) is 6.61 Å². The Hall–Kier alpha value is -2.05. The molecule has 0 bridgehead atoms. The standard InChI is InChI=1S/C16H21N5O/c1-22-10-15(14-4-2-3-7-18-14)21-16-12-5-8-17-9-6-13(12)19-11-20-16/h2-4,7,11,15,17H,5-6,8-10H2,1H3,(H,19,20,21)/t15-/m1/s1. The van der Waals surface area contributed by atoms with Gasteiger partial charge < -0.3 is 15.4 Å². The van der Waals surface area contributed by atoms with Crippen LogP contribution in [0.3, 0.4) is 0 Å². The lowest BCUT2D eigenvalue weighted by Gasteiger charge is -2.20. The summed E-state index contributed by atoms with van der Waals surface area (Å²) < 4.78 is 5.34. The molecule has 0 radical (unpaired) electrons. The third kappa shape index (κ3) is 3.40. The van der Waals surface area contributed by atoms with Crippen LogP contribution in [0.4, 0.5) is 5.82 Å². The summed E-state index contributed by atoms with van der Waals surface area (Å²) in [5.41, 5.74) is 3.27. The maximum Gasteiger partial charge on any atom is 0.133 e. The Morgan fingerprint density at radius 3 is 2.95 bits per heavy atom. The number of nitrogens with one attached hydrogen (secondary N) is 2. The molecule has 0 aliphatic carbocycles. The molecule has 22 heavy (non-hydrogen) atoms. The summed E-state index contributed by atoms with van der Waals surface area (Å²) in [6.45, 7) is 2.45. The van der Waals surface area contributed by atoms with Crippen LogP contribution in [0.15, 0.2) is 30.7 Å². The van der Waals surface area contributed by atoms with Crippen molar-refractivity contribution in [2.75, 3.05) is 32.1 Å². The first-order valence-corrected chi connectivity index (χ1v) is 7.58. The number of pyridine rings is 1. The Morgan fingerprint density at radius 1 is 1.23 bits per heavy atom. The second-order valence-corrected chi connectivity index (χ2v) is 5.30. The topological polar surface area (TPSA) is 72.0 Å². The molecule has 0 saturated heterocycles. The summed E-state index contributed by atoms with van der Waals surface area (Å²) >= 11 is 0. The minimum Gasteiger partial charge on any atom is -0.382 e. The van der Waals surface area contributed by atoms with Crippen LogP contribution in [0.25, 0.3) is 0 Å². The second-order valence-electron chi connectivity index (χ2n) is 5.30. The lowest BCUT2D eigenvalue weighted by Crippen LogP contribution is -2.20. The highest BCUT2D eigenvalue weighted by Crippen LogP contribution is 2.23. The predicted molar refractivity (Wildman–Crippen MR) is 84.8 cm³/mol. The van der Waals surface area contributed by atoms with Gasteiger partial charge in [-0.2, -0.15) is 0 Å². The molecular formula is C16H21N5O. The van der Waals surface area contributed by atoms with Crippen molar-refractivity contribution in [3.8, 4) is 0 Å². The molecular weight excluding hydrogens is 278 g/mol. The molecule has 2 N–H and O–H groups in total. The van der Waals surface area contributed by atoms with Gasteiger partial charge in [-0.1, -0.05) is 6.07 Å². The summed E-state index contributed by atoms with van der Waals surface area (Å²) in [5, 5.41) is 6.88. The van der Waals surface area contributed by atoms with Crippen molar-refractivity contribution in [2.24, 2.45) is 0 Å². The van der Waals surface area contributed by atoms with E-state index in [1.165, 1.54) is 5.56 Å². The van der Waals surface area contributed by atoms with E-state index in [9.17, 15) is 0 Å². The highest BCUT2D eigenvalue weighted by atomic mass is 16.5. The molecule has 3 heterocycles. The highest BCUT2D eigenvalue weighted by Gasteiger charge is 2.18. The molecule has 1 aliphatic rings. The van der Waals surface area contributed by atoms with E-state index in [1.54, 1.807) is 19.6 Å². The Bertz CT molecular complexity index is 605. The molecule has 6 nitrogen and oxygen atoms in total. The van der Waals surface area contributed by atoms with Crippen LogP contribution in [0.1, 0.15) is 23.0 Å². The largest absolute Gasteiger partial charge is 0.382 e. The van der Waals surface area contributed by atoms with Crippen molar-refractivity contribution in [3.05, 3.63) is 47.7 Å². The fourth-order valence-corrected chi connectivity index (χ4v) is 2.71. The van der Waals surface area contributed by atoms with Gasteiger partial charge in [0.2, 0.25) is 0 Å². The van der Waals surface area contributed by atoms with Crippen LogP contribution in [0, 0.1) is 0 Å². The van der Waals surface area contributed by atoms with Gasteiger partial charge in [-0.05, 0) is 25.1 Å². The molecule has 0 unspecified atom stereocenters. The molecule has 3 rings (SSSR count). The number of hydrogen-bond acceptors (Lipinski definition) is 6. The van der Waals surface area contributed by atoms with Crippen molar-refractivity contribution in [3.63, 3.8) is 0 Å². The van der Waals surface area contributed by atoms with E-state index in [4.69, 9.17) is 4.74 Å². The zero-order valence-corrected chi connectivity index (χ0v) is 12.7. The number of rotatable bonds is 5. The normalized spacial score (nSPS) is 15.7. The molecule has 1 atom stereocenters. The van der Waals surface area contributed by atoms with E-state index in [2.05, 4.69) is 25.6 Å². The van der Waals surface area contributed by atoms with Gasteiger partial charge in [-0.15, -0.1) is 0 Å². The number of methoxy groups -OCH3 is 1. The first-order valence-electron chi connectivity index (χ1n) is 7.58. The van der Waals surface area contributed by atoms with Crippen LogP contribution in [0.2, 0.25) is 0 Å². The summed E-state index contributed by atoms with van der Waals surface area (Å²) in [7, 11) is 1.70. The van der Waals surface area contributed by atoms with Crippen molar-refractivity contribution < 1.29 is 4.74 Å². The Kier molecular flexibility index (Phi) is 4.92. The maximum atomic E-state index is 5.34. The average Bonchev–Trinajstić information content (AvgIpc) is 2.81. The van der Waals surface area contributed by atoms with Crippen LogP contribution in [-0.4, -0.2) is 41.8 Å². The summed E-state index contributed by atoms with van der Waals surface area (Å²) in [6, 6.07) is 5.87. The predicted octanol–water partition coefficient (Wildman–Crippen LogP) is 1.36. The van der Waals surface area contributed by atoms with Gasteiger partial charge >= 0.3 is 0 Å². The molecule has 1 aliphatic heterocycles. The Morgan fingerprint density at radius 2 is 2.14 bits per heavy atom. The maximum absolute atomic E-state index is 5.34. The first-order chi connectivity index (χ1) is 10.9. The highest BCUT2D eigenvalue weighted by molar-refractivity contribution is 5.48. The molecule has 6 heteroatoms. The lowest BCUT2D eigenvalue weighted by molar-refractivity contribution is 0.185. The molecule has 0 amide bonds. The van der Waals surface area contributed by atoms with Gasteiger partial charge in [0.15, 0.2) is 0 Å². The smallest absolute Gasteiger partial charge is 0.133 e. The summed E-state index contributed by atoms with van der Waals surface area (Å²) in [6.07, 6.45) is 5.30. The monoisotopic (exact) mass is 299 g/mol. The third-order valence-corrected chi connectivity index (χ3v) is 3.81. The van der Waals surface area contributed by atoms with Crippen LogP contribution < -0.4 is 10.6 Å².